The number of hydrogen-bond donors (Lipinski definition) is 1. The smallest absolute Gasteiger partial charge is 0.319 e. The summed E-state index contributed by atoms with van der Waals surface area (Å²) in [6.07, 6.45) is 15.3. The summed E-state index contributed by atoms with van der Waals surface area (Å²) < 4.78 is 38.3. The summed E-state index contributed by atoms with van der Waals surface area (Å²) in [5, 5.41) is 11.7. The Morgan fingerprint density at radius 1 is 1.20 bits per heavy atom. The summed E-state index contributed by atoms with van der Waals surface area (Å²) >= 11 is 0. The number of terminal acetylenes is 1. The molecule has 3 fully saturated rings. The Hall–Kier alpha value is -4.82. The van der Waals surface area contributed by atoms with E-state index in [1.807, 2.05) is 11.9 Å². The number of halogens is 2. The maximum atomic E-state index is 17.0. The quantitative estimate of drug-likeness (QED) is 0.159. The van der Waals surface area contributed by atoms with Crippen molar-refractivity contribution in [3.05, 3.63) is 60.3 Å². The lowest BCUT2D eigenvalue weighted by atomic mass is 9.93. The van der Waals surface area contributed by atoms with Gasteiger partial charge in [-0.1, -0.05) is 25.5 Å². The number of carbonyl (C=O) groups excluding carboxylic acids is 1. The van der Waals surface area contributed by atoms with Crippen molar-refractivity contribution in [1.82, 2.24) is 24.8 Å². The van der Waals surface area contributed by atoms with Gasteiger partial charge < -0.3 is 19.6 Å². The van der Waals surface area contributed by atoms with Crippen LogP contribution in [0.5, 0.6) is 11.8 Å². The fourth-order valence-corrected chi connectivity index (χ4v) is 8.79. The number of anilines is 1. The van der Waals surface area contributed by atoms with Crippen LogP contribution in [0.1, 0.15) is 57.4 Å². The molecule has 4 aromatic rings. The summed E-state index contributed by atoms with van der Waals surface area (Å²) in [6, 6.07) is 5.51. The topological polar surface area (TPSA) is 94.9 Å². The number of hydrogen-bond acceptors (Lipinski definition) is 8. The fraction of sp³-hybridized carbons (Fsp3) is 0.436. The van der Waals surface area contributed by atoms with Crippen LogP contribution >= 0.6 is 0 Å². The number of likely N-dealkylation sites (N-methyl/N-ethyl adjacent to an activating group) is 2. The molecule has 0 radical (unpaired) electrons. The molecule has 2 aliphatic heterocycles. The zero-order valence-electron chi connectivity index (χ0n) is 28.8. The molecule has 7 rings (SSSR count). The van der Waals surface area contributed by atoms with Gasteiger partial charge in [-0.05, 0) is 93.6 Å². The van der Waals surface area contributed by atoms with E-state index in [1.54, 1.807) is 11.9 Å². The molecule has 3 aliphatic rings. The van der Waals surface area contributed by atoms with Gasteiger partial charge in [0.2, 0.25) is 5.91 Å². The first-order valence-corrected chi connectivity index (χ1v) is 17.3. The molecule has 50 heavy (non-hydrogen) atoms. The second-order valence-electron chi connectivity index (χ2n) is 14.4. The molecule has 1 N–H and O–H groups in total. The Balaban J connectivity index is 1.37. The normalized spacial score (nSPS) is 21.3. The van der Waals surface area contributed by atoms with Gasteiger partial charge in [0, 0.05) is 37.8 Å². The first-order chi connectivity index (χ1) is 24.0. The summed E-state index contributed by atoms with van der Waals surface area (Å²) in [7, 11) is 3.67. The molecule has 260 valence electrons. The van der Waals surface area contributed by atoms with E-state index in [-0.39, 0.29) is 50.9 Å². The Bertz CT molecular complexity index is 2050. The number of aromatic nitrogens is 3. The van der Waals surface area contributed by atoms with Gasteiger partial charge in [0.15, 0.2) is 5.82 Å². The summed E-state index contributed by atoms with van der Waals surface area (Å²) in [5.74, 6) is 1.45. The summed E-state index contributed by atoms with van der Waals surface area (Å²) in [5.41, 5.74) is -0.705. The Labute approximate surface area is 291 Å². The molecule has 2 unspecified atom stereocenters. The number of phenolic OH excluding ortho intramolecular Hbond substituents is 1. The third-order valence-corrected chi connectivity index (χ3v) is 11.3. The number of nitrogens with zero attached hydrogens (tertiary/aromatic N) is 6. The lowest BCUT2D eigenvalue weighted by molar-refractivity contribution is -0.130. The van der Waals surface area contributed by atoms with Crippen molar-refractivity contribution in [3.8, 4) is 35.4 Å². The molecule has 2 saturated heterocycles. The molecule has 11 heteroatoms. The number of rotatable bonds is 9. The standard InChI is InChI=1S/C39H42F2N6O3/c1-6-27-30(40)11-10-25-18-26(48)19-28(32(25)27)34-33(41)35-29(21-42-34)36(44-37(43-35)50-23-38-13-8-16-47(38)17-9-14-38)45(4)22-39(15-12-24(3)20-39)46(5)31(49)7-2/h1,7,10-11,18-19,21,24,48H,2,8-9,12-17,20,22-23H2,3-5H3. The van der Waals surface area contributed by atoms with Crippen LogP contribution in [0.2, 0.25) is 0 Å². The van der Waals surface area contributed by atoms with Crippen LogP contribution in [-0.4, -0.2) is 87.2 Å². The van der Waals surface area contributed by atoms with E-state index < -0.39 is 17.2 Å². The molecular weight excluding hydrogens is 638 g/mol. The van der Waals surface area contributed by atoms with Gasteiger partial charge in [-0.15, -0.1) is 6.42 Å². The van der Waals surface area contributed by atoms with Gasteiger partial charge in [-0.25, -0.2) is 8.78 Å². The maximum Gasteiger partial charge on any atom is 0.319 e. The fourth-order valence-electron chi connectivity index (χ4n) is 8.79. The number of benzene rings is 2. The number of phenols is 1. The van der Waals surface area contributed by atoms with Crippen LogP contribution in [0.3, 0.4) is 0 Å². The average Bonchev–Trinajstić information content (AvgIpc) is 3.81. The van der Waals surface area contributed by atoms with Crippen molar-refractivity contribution in [2.45, 2.75) is 62.9 Å². The van der Waals surface area contributed by atoms with Crippen LogP contribution in [0, 0.1) is 29.9 Å². The number of fused-ring (bicyclic) bond motifs is 3. The van der Waals surface area contributed by atoms with Crippen LogP contribution in [-0.2, 0) is 4.79 Å². The molecule has 2 atom stereocenters. The second kappa shape index (κ2) is 12.8. The average molecular weight is 681 g/mol. The van der Waals surface area contributed by atoms with Crippen molar-refractivity contribution in [2.75, 3.05) is 45.2 Å². The van der Waals surface area contributed by atoms with E-state index in [0.717, 1.165) is 58.0 Å². The third-order valence-electron chi connectivity index (χ3n) is 11.3. The molecule has 2 aromatic heterocycles. The van der Waals surface area contributed by atoms with Gasteiger partial charge in [0.05, 0.1) is 22.0 Å². The van der Waals surface area contributed by atoms with Crippen LogP contribution < -0.4 is 9.64 Å². The molecule has 0 spiro atoms. The predicted octanol–water partition coefficient (Wildman–Crippen LogP) is 6.46. The van der Waals surface area contributed by atoms with Crippen molar-refractivity contribution < 1.29 is 23.4 Å². The van der Waals surface area contributed by atoms with Gasteiger partial charge >= 0.3 is 6.01 Å². The Morgan fingerprint density at radius 3 is 2.64 bits per heavy atom. The van der Waals surface area contributed by atoms with E-state index >= 15 is 4.39 Å². The zero-order chi connectivity index (χ0) is 35.4. The largest absolute Gasteiger partial charge is 0.508 e. The van der Waals surface area contributed by atoms with E-state index in [4.69, 9.17) is 16.1 Å². The number of pyridine rings is 1. The van der Waals surface area contributed by atoms with Gasteiger partial charge in [0.1, 0.15) is 35.2 Å². The number of aromatic hydroxyl groups is 1. The van der Waals surface area contributed by atoms with Gasteiger partial charge in [-0.3, -0.25) is 14.7 Å². The molecule has 2 aromatic carbocycles. The highest BCUT2D eigenvalue weighted by atomic mass is 19.1. The number of carbonyl (C=O) groups is 1. The SMILES string of the molecule is C#Cc1c(F)ccc2cc(O)cc(-c3ncc4c(N(C)CC5(N(C)C(=O)C=C)CCC(C)C5)nc(OCC56CCCN5CCC6)nc4c3F)c12. The highest BCUT2D eigenvalue weighted by Crippen LogP contribution is 2.43. The third kappa shape index (κ3) is 5.59. The predicted molar refractivity (Wildman–Crippen MR) is 190 cm³/mol. The van der Waals surface area contributed by atoms with Gasteiger partial charge in [0.25, 0.3) is 0 Å². The molecule has 4 heterocycles. The van der Waals surface area contributed by atoms with Crippen LogP contribution in [0.25, 0.3) is 32.9 Å². The second-order valence-corrected chi connectivity index (χ2v) is 14.4. The molecule has 9 nitrogen and oxygen atoms in total. The summed E-state index contributed by atoms with van der Waals surface area (Å²) in [4.78, 5) is 33.1. The number of amides is 1. The minimum Gasteiger partial charge on any atom is -0.508 e. The molecule has 1 saturated carbocycles. The minimum absolute atomic E-state index is 0.0315. The van der Waals surface area contributed by atoms with Crippen LogP contribution in [0.15, 0.2) is 43.1 Å². The van der Waals surface area contributed by atoms with Gasteiger partial charge in [-0.2, -0.15) is 9.97 Å². The van der Waals surface area contributed by atoms with E-state index in [0.29, 0.717) is 35.7 Å². The molecular formula is C39H42F2N6O3. The van der Waals surface area contributed by atoms with Crippen molar-refractivity contribution >= 4 is 33.4 Å². The zero-order valence-corrected chi connectivity index (χ0v) is 28.8. The lowest BCUT2D eigenvalue weighted by Gasteiger charge is -2.42. The first-order valence-electron chi connectivity index (χ1n) is 17.3. The minimum atomic E-state index is -0.784. The molecule has 0 bridgehead atoms. The highest BCUT2D eigenvalue weighted by molar-refractivity contribution is 6.03. The first kappa shape index (κ1) is 33.7. The van der Waals surface area contributed by atoms with Crippen LogP contribution in [0.4, 0.5) is 14.6 Å². The Kier molecular flexibility index (Phi) is 8.63. The van der Waals surface area contributed by atoms with Crippen molar-refractivity contribution in [2.24, 2.45) is 5.92 Å². The monoisotopic (exact) mass is 680 g/mol. The van der Waals surface area contributed by atoms with E-state index in [9.17, 15) is 14.3 Å². The number of ether oxygens (including phenoxy) is 1. The van der Waals surface area contributed by atoms with E-state index in [2.05, 4.69) is 34.3 Å². The Morgan fingerprint density at radius 2 is 1.96 bits per heavy atom. The lowest BCUT2D eigenvalue weighted by Crippen LogP contribution is -2.54. The van der Waals surface area contributed by atoms with E-state index in [1.165, 1.54) is 36.5 Å². The van der Waals surface area contributed by atoms with Crippen molar-refractivity contribution in [3.63, 3.8) is 0 Å². The summed E-state index contributed by atoms with van der Waals surface area (Å²) in [6.45, 7) is 8.73. The molecule has 1 amide bonds. The highest BCUT2D eigenvalue weighted by Gasteiger charge is 2.46. The molecule has 1 aliphatic carbocycles. The van der Waals surface area contributed by atoms with Crippen molar-refractivity contribution in [1.29, 1.82) is 0 Å². The maximum absolute atomic E-state index is 17.0.